The zero-order valence-corrected chi connectivity index (χ0v) is 23.8. The summed E-state index contributed by atoms with van der Waals surface area (Å²) < 4.78 is 71.3. The quantitative estimate of drug-likeness (QED) is 0.281. The van der Waals surface area contributed by atoms with Gasteiger partial charge in [-0.2, -0.15) is 13.6 Å². The Morgan fingerprint density at radius 3 is 2.41 bits per heavy atom. The summed E-state index contributed by atoms with van der Waals surface area (Å²) in [5, 5.41) is 31.0. The highest BCUT2D eigenvalue weighted by Crippen LogP contribution is 2.33. The van der Waals surface area contributed by atoms with Gasteiger partial charge in [0, 0.05) is 47.6 Å². The first-order valence-electron chi connectivity index (χ1n) is 13.9. The zero-order valence-electron chi connectivity index (χ0n) is 23.8. The van der Waals surface area contributed by atoms with E-state index >= 15 is 0 Å². The zero-order chi connectivity index (χ0) is 32.4. The molecule has 1 unspecified atom stereocenters. The predicted octanol–water partition coefficient (Wildman–Crippen LogP) is 3.57. The molecule has 0 radical (unpaired) electrons. The van der Waals surface area contributed by atoms with Crippen LogP contribution >= 0.6 is 0 Å². The van der Waals surface area contributed by atoms with Crippen LogP contribution < -0.4 is 5.32 Å². The molecule has 0 saturated carbocycles. The van der Waals surface area contributed by atoms with Crippen LogP contribution in [0.3, 0.4) is 0 Å². The molecule has 1 atom stereocenters. The number of aromatic nitrogens is 6. The lowest BCUT2D eigenvalue weighted by molar-refractivity contribution is -0.0228. The molecule has 3 amide bonds. The third-order valence-corrected chi connectivity index (χ3v) is 7.30. The minimum atomic E-state index is -3.04. The van der Waals surface area contributed by atoms with E-state index < -0.39 is 60.2 Å². The lowest BCUT2D eigenvalue weighted by Gasteiger charge is -2.33. The van der Waals surface area contributed by atoms with Crippen molar-refractivity contribution in [2.45, 2.75) is 19.1 Å². The average molecular weight is 648 g/mol. The van der Waals surface area contributed by atoms with Gasteiger partial charge in [-0.25, -0.2) is 18.4 Å². The van der Waals surface area contributed by atoms with E-state index in [1.165, 1.54) is 4.90 Å². The molecule has 0 aliphatic carbocycles. The van der Waals surface area contributed by atoms with E-state index in [-0.39, 0.29) is 31.1 Å². The van der Waals surface area contributed by atoms with E-state index in [4.69, 9.17) is 13.9 Å². The highest BCUT2D eigenvalue weighted by Gasteiger charge is 2.29. The summed E-state index contributed by atoms with van der Waals surface area (Å²) in [7, 11) is 0. The molecule has 2 fully saturated rings. The molecular formula is C27H25F4N9O6. The molecule has 2 N–H and O–H groups in total. The maximum Gasteiger partial charge on any atom is 0.407 e. The number of benzene rings is 2. The fraction of sp³-hybridized carbons (Fsp3) is 0.370. The number of hydrogen-bond donors (Lipinski definition) is 2. The molecule has 46 heavy (non-hydrogen) atoms. The number of alkyl halides is 2. The Morgan fingerprint density at radius 2 is 1.72 bits per heavy atom. The van der Waals surface area contributed by atoms with Crippen molar-refractivity contribution < 1.29 is 46.1 Å². The van der Waals surface area contributed by atoms with Gasteiger partial charge in [0.2, 0.25) is 11.7 Å². The Morgan fingerprint density at radius 1 is 0.978 bits per heavy atom. The van der Waals surface area contributed by atoms with E-state index in [0.29, 0.717) is 43.1 Å². The number of rotatable bonds is 7. The molecule has 2 aromatic carbocycles. The average Bonchev–Trinajstić information content (AvgIpc) is 3.74. The number of carboxylic acid groups (broad SMARTS) is 1. The van der Waals surface area contributed by atoms with Gasteiger partial charge in [0.1, 0.15) is 17.7 Å². The number of nitrogens with zero attached hydrogens (tertiary/aromatic N) is 8. The third kappa shape index (κ3) is 6.59. The van der Waals surface area contributed by atoms with Crippen molar-refractivity contribution in [1.29, 1.82) is 0 Å². The summed E-state index contributed by atoms with van der Waals surface area (Å²) in [5.41, 5.74) is 0.569. The number of carbonyl (C=O) groups is 2. The minimum absolute atomic E-state index is 0.0410. The SMILES string of the molecule is O=C(O)N1CCOC(c2ccc(-c3nnn(Cc4c(F)cc(-c5nnc(C(F)F)o5)cc4F)n3)cc2NC(=O)N2CCOCC2)C1. The Bertz CT molecular complexity index is 1720. The van der Waals surface area contributed by atoms with Gasteiger partial charge in [-0.3, -0.25) is 0 Å². The molecule has 242 valence electrons. The van der Waals surface area contributed by atoms with Gasteiger partial charge in [0.05, 0.1) is 32.9 Å². The molecule has 19 heteroatoms. The van der Waals surface area contributed by atoms with Crippen molar-refractivity contribution >= 4 is 17.8 Å². The van der Waals surface area contributed by atoms with E-state index in [1.54, 1.807) is 23.1 Å². The number of nitrogens with one attached hydrogen (secondary N) is 1. The highest BCUT2D eigenvalue weighted by atomic mass is 19.3. The molecule has 4 aromatic rings. The number of tetrazole rings is 1. The Labute approximate surface area is 256 Å². The molecule has 6 rings (SSSR count). The van der Waals surface area contributed by atoms with Crippen LogP contribution in [0.4, 0.5) is 32.8 Å². The van der Waals surface area contributed by atoms with E-state index in [2.05, 4.69) is 30.9 Å². The van der Waals surface area contributed by atoms with Crippen molar-refractivity contribution in [3.05, 3.63) is 59.0 Å². The normalized spacial score (nSPS) is 17.0. The maximum atomic E-state index is 14.9. The molecule has 2 aliphatic heterocycles. The molecule has 2 aromatic heterocycles. The first kappa shape index (κ1) is 30.8. The van der Waals surface area contributed by atoms with Crippen molar-refractivity contribution in [3.8, 4) is 22.8 Å². The third-order valence-electron chi connectivity index (χ3n) is 7.30. The molecule has 0 spiro atoms. The number of carbonyl (C=O) groups excluding carboxylic acids is 1. The molecular weight excluding hydrogens is 622 g/mol. The molecule has 15 nitrogen and oxygen atoms in total. The lowest BCUT2D eigenvalue weighted by atomic mass is 10.0. The van der Waals surface area contributed by atoms with Crippen molar-refractivity contribution in [3.63, 3.8) is 0 Å². The Hall–Kier alpha value is -5.17. The topological polar surface area (TPSA) is 174 Å². The van der Waals surface area contributed by atoms with Crippen LogP contribution in [0.1, 0.15) is 29.5 Å². The molecule has 4 heterocycles. The summed E-state index contributed by atoms with van der Waals surface area (Å²) >= 11 is 0. The first-order valence-corrected chi connectivity index (χ1v) is 13.9. The van der Waals surface area contributed by atoms with E-state index in [0.717, 1.165) is 16.9 Å². The second kappa shape index (κ2) is 13.1. The number of morpholine rings is 2. The van der Waals surface area contributed by atoms with Crippen LogP contribution in [0.15, 0.2) is 34.7 Å². The van der Waals surface area contributed by atoms with E-state index in [1.807, 2.05) is 0 Å². The van der Waals surface area contributed by atoms with Crippen molar-refractivity contribution in [1.82, 2.24) is 40.2 Å². The van der Waals surface area contributed by atoms with Crippen molar-refractivity contribution in [2.75, 3.05) is 51.3 Å². The van der Waals surface area contributed by atoms with Crippen LogP contribution in [-0.4, -0.2) is 103 Å². The smallest absolute Gasteiger partial charge is 0.407 e. The number of anilines is 1. The van der Waals surface area contributed by atoms with Crippen molar-refractivity contribution in [2.24, 2.45) is 0 Å². The predicted molar refractivity (Wildman–Crippen MR) is 147 cm³/mol. The summed E-state index contributed by atoms with van der Waals surface area (Å²) in [4.78, 5) is 28.4. The fourth-order valence-electron chi connectivity index (χ4n) is 4.94. The number of amides is 3. The van der Waals surface area contributed by atoms with Crippen LogP contribution in [0.25, 0.3) is 22.8 Å². The standard InChI is InChI=1S/C27H25F4N9O6/c28-18-9-15(24-34-35-25(46-24)22(30)31)10-19(29)17(18)12-40-36-23(33-37-40)14-1-2-16(21-13-39(27(42)43)5-8-45-21)20(11-14)32-26(41)38-3-6-44-7-4-38/h1-2,9-11,21-22H,3-8,12-13H2,(H,32,41)(H,42,43). The summed E-state index contributed by atoms with van der Waals surface area (Å²) in [6.45, 7) is 1.45. The van der Waals surface area contributed by atoms with Crippen LogP contribution in [0, 0.1) is 11.6 Å². The van der Waals surface area contributed by atoms with Gasteiger partial charge in [-0.15, -0.1) is 20.4 Å². The van der Waals surface area contributed by atoms with Gasteiger partial charge in [0.15, 0.2) is 0 Å². The van der Waals surface area contributed by atoms with Gasteiger partial charge < -0.3 is 34.1 Å². The van der Waals surface area contributed by atoms with Gasteiger partial charge in [0.25, 0.3) is 5.89 Å². The number of urea groups is 1. The number of ether oxygens (including phenoxy) is 2. The second-order valence-electron chi connectivity index (χ2n) is 10.2. The van der Waals surface area contributed by atoms with Crippen LogP contribution in [-0.2, 0) is 16.0 Å². The van der Waals surface area contributed by atoms with Crippen LogP contribution in [0.2, 0.25) is 0 Å². The summed E-state index contributed by atoms with van der Waals surface area (Å²) in [5.74, 6) is -3.47. The van der Waals surface area contributed by atoms with Gasteiger partial charge in [-0.1, -0.05) is 12.1 Å². The minimum Gasteiger partial charge on any atom is -0.465 e. The molecule has 0 bridgehead atoms. The number of hydrogen-bond acceptors (Lipinski definition) is 10. The summed E-state index contributed by atoms with van der Waals surface area (Å²) in [6, 6.07) is 6.17. The largest absolute Gasteiger partial charge is 0.465 e. The maximum absolute atomic E-state index is 14.9. The summed E-state index contributed by atoms with van der Waals surface area (Å²) in [6.07, 6.45) is -4.81. The van der Waals surface area contributed by atoms with Gasteiger partial charge in [-0.05, 0) is 23.4 Å². The Kier molecular flexibility index (Phi) is 8.75. The highest BCUT2D eigenvalue weighted by molar-refractivity contribution is 5.91. The van der Waals surface area contributed by atoms with Crippen LogP contribution in [0.5, 0.6) is 0 Å². The van der Waals surface area contributed by atoms with E-state index in [9.17, 15) is 32.3 Å². The second-order valence-corrected chi connectivity index (χ2v) is 10.2. The lowest BCUT2D eigenvalue weighted by Crippen LogP contribution is -2.43. The molecule has 2 saturated heterocycles. The number of halogens is 4. The van der Waals surface area contributed by atoms with Gasteiger partial charge >= 0.3 is 18.5 Å². The fourth-order valence-corrected chi connectivity index (χ4v) is 4.94. The first-order chi connectivity index (χ1) is 22.2. The Balaban J connectivity index is 1.25. The molecule has 2 aliphatic rings. The monoisotopic (exact) mass is 647 g/mol.